The fourth-order valence-electron chi connectivity index (χ4n) is 0.516. The number of hydrogen-bond donors (Lipinski definition) is 0. The summed E-state index contributed by atoms with van der Waals surface area (Å²) >= 11 is 0. The Balaban J connectivity index is 2.61. The second-order valence-electron chi connectivity index (χ2n) is 1.74. The van der Waals surface area contributed by atoms with E-state index in [-0.39, 0.29) is 0 Å². The van der Waals surface area contributed by atoms with E-state index in [1.807, 2.05) is 0 Å². The van der Waals surface area contributed by atoms with Crippen molar-refractivity contribution in [1.82, 2.24) is 0 Å². The number of carbonyl (C=O) groups excluding carboxylic acids is 1. The lowest BCUT2D eigenvalue weighted by Crippen LogP contribution is -2.49. The van der Waals surface area contributed by atoms with Crippen LogP contribution in [0.25, 0.3) is 0 Å². The van der Waals surface area contributed by atoms with Gasteiger partial charge in [-0.2, -0.15) is 8.78 Å². The van der Waals surface area contributed by atoms with Crippen LogP contribution in [0.2, 0.25) is 0 Å². The predicted molar refractivity (Wildman–Crippen MR) is 19.5 cm³/mol. The van der Waals surface area contributed by atoms with E-state index in [1.165, 1.54) is 0 Å². The molecule has 0 aliphatic heterocycles. The maximum absolute atomic E-state index is 11.6. The van der Waals surface area contributed by atoms with E-state index in [0.29, 0.717) is 0 Å². The summed E-state index contributed by atoms with van der Waals surface area (Å²) < 4.78 is 34.8. The third-order valence-corrected chi connectivity index (χ3v) is 1.08. The molecule has 46 valence electrons. The molecule has 1 saturated carbocycles. The highest BCUT2D eigenvalue weighted by Crippen LogP contribution is 2.35. The first-order valence-electron chi connectivity index (χ1n) is 2.10. The van der Waals surface area contributed by atoms with Gasteiger partial charge in [0.25, 0.3) is 0 Å². The van der Waals surface area contributed by atoms with Crippen molar-refractivity contribution in [2.24, 2.45) is 0 Å². The van der Waals surface area contributed by atoms with Crippen molar-refractivity contribution in [1.29, 1.82) is 0 Å². The third-order valence-electron chi connectivity index (χ3n) is 1.08. The van der Waals surface area contributed by atoms with Gasteiger partial charge in [0.05, 0.1) is 6.42 Å². The van der Waals surface area contributed by atoms with Gasteiger partial charge in [0.15, 0.2) is 6.17 Å². The second kappa shape index (κ2) is 1.24. The zero-order valence-electron chi connectivity index (χ0n) is 3.83. The van der Waals surface area contributed by atoms with Gasteiger partial charge in [-0.3, -0.25) is 4.79 Å². The summed E-state index contributed by atoms with van der Waals surface area (Å²) in [5.74, 6) is -4.93. The lowest BCUT2D eigenvalue weighted by molar-refractivity contribution is -0.170. The average molecular weight is 124 g/mol. The monoisotopic (exact) mass is 124 g/mol. The summed E-state index contributed by atoms with van der Waals surface area (Å²) in [5, 5.41) is 0. The van der Waals surface area contributed by atoms with Crippen LogP contribution in [-0.2, 0) is 4.79 Å². The highest BCUT2D eigenvalue weighted by atomic mass is 19.3. The largest absolute Gasteiger partial charge is 0.311 e. The molecule has 0 spiro atoms. The molecule has 0 aromatic heterocycles. The highest BCUT2D eigenvalue weighted by Gasteiger charge is 2.56. The first kappa shape index (κ1) is 5.59. The average Bonchev–Trinajstić information content (AvgIpc) is 1.65. The Morgan fingerprint density at radius 1 is 1.62 bits per heavy atom. The Morgan fingerprint density at radius 2 is 2.12 bits per heavy atom. The van der Waals surface area contributed by atoms with E-state index >= 15 is 0 Å². The lowest BCUT2D eigenvalue weighted by atomic mass is 9.91. The number of alkyl halides is 3. The second-order valence-corrected chi connectivity index (χ2v) is 1.74. The fourth-order valence-corrected chi connectivity index (χ4v) is 0.516. The van der Waals surface area contributed by atoms with Crippen LogP contribution < -0.4 is 0 Å². The third kappa shape index (κ3) is 0.519. The molecule has 1 atom stereocenters. The zero-order valence-corrected chi connectivity index (χ0v) is 3.83. The molecule has 0 radical (unpaired) electrons. The summed E-state index contributed by atoms with van der Waals surface area (Å²) in [6.45, 7) is 0. The molecule has 0 bridgehead atoms. The molecule has 0 saturated heterocycles. The van der Waals surface area contributed by atoms with Crippen LogP contribution in [0.15, 0.2) is 0 Å². The number of ketones is 1. The van der Waals surface area contributed by atoms with Crippen molar-refractivity contribution in [2.45, 2.75) is 18.5 Å². The summed E-state index contributed by atoms with van der Waals surface area (Å²) in [4.78, 5) is 9.76. The van der Waals surface area contributed by atoms with Crippen molar-refractivity contribution in [2.75, 3.05) is 0 Å². The normalized spacial score (nSPS) is 34.4. The van der Waals surface area contributed by atoms with Crippen LogP contribution in [0.4, 0.5) is 13.2 Å². The fraction of sp³-hybridized carbons (Fsp3) is 0.750. The minimum Gasteiger partial charge on any atom is -0.290 e. The predicted octanol–water partition coefficient (Wildman–Crippen LogP) is 0.933. The molecule has 0 amide bonds. The minimum absolute atomic E-state index is 0.925. The Kier molecular flexibility index (Phi) is 0.867. The zero-order chi connectivity index (χ0) is 6.36. The first-order chi connectivity index (χ1) is 3.54. The Morgan fingerprint density at radius 3 is 2.12 bits per heavy atom. The van der Waals surface area contributed by atoms with Gasteiger partial charge in [-0.1, -0.05) is 0 Å². The van der Waals surface area contributed by atoms with Crippen LogP contribution >= 0.6 is 0 Å². The van der Waals surface area contributed by atoms with Crippen molar-refractivity contribution in [3.63, 3.8) is 0 Å². The smallest absolute Gasteiger partial charge is 0.290 e. The molecule has 8 heavy (non-hydrogen) atoms. The van der Waals surface area contributed by atoms with E-state index in [9.17, 15) is 18.0 Å². The number of Topliss-reactive ketones (excluding diaryl/α,β-unsaturated/α-hetero) is 1. The quantitative estimate of drug-likeness (QED) is 0.469. The number of halogens is 3. The summed E-state index contributed by atoms with van der Waals surface area (Å²) in [7, 11) is 0. The minimum atomic E-state index is -3.36. The van der Waals surface area contributed by atoms with E-state index < -0.39 is 24.3 Å². The maximum atomic E-state index is 11.6. The summed E-state index contributed by atoms with van der Waals surface area (Å²) in [5.41, 5.74) is 0. The summed E-state index contributed by atoms with van der Waals surface area (Å²) in [6, 6.07) is 0. The van der Waals surface area contributed by atoms with Gasteiger partial charge < -0.3 is 0 Å². The highest BCUT2D eigenvalue weighted by molar-refractivity contribution is 5.95. The number of hydrogen-bond acceptors (Lipinski definition) is 1. The van der Waals surface area contributed by atoms with Gasteiger partial charge in [0.2, 0.25) is 5.78 Å². The molecule has 0 aromatic carbocycles. The first-order valence-corrected chi connectivity index (χ1v) is 2.10. The Bertz CT molecular complexity index is 131. The molecule has 1 aliphatic rings. The van der Waals surface area contributed by atoms with Gasteiger partial charge in [0.1, 0.15) is 0 Å². The number of carbonyl (C=O) groups is 1. The van der Waals surface area contributed by atoms with Gasteiger partial charge >= 0.3 is 5.92 Å². The maximum Gasteiger partial charge on any atom is 0.311 e. The van der Waals surface area contributed by atoms with Crippen LogP contribution in [-0.4, -0.2) is 17.9 Å². The van der Waals surface area contributed by atoms with Crippen molar-refractivity contribution in [3.05, 3.63) is 0 Å². The van der Waals surface area contributed by atoms with Crippen molar-refractivity contribution >= 4 is 5.78 Å². The van der Waals surface area contributed by atoms with Gasteiger partial charge in [-0.25, -0.2) is 4.39 Å². The Labute approximate surface area is 43.5 Å². The molecule has 0 aromatic rings. The van der Waals surface area contributed by atoms with Gasteiger partial charge in [-0.15, -0.1) is 0 Å². The molecule has 4 heteroatoms. The van der Waals surface area contributed by atoms with Crippen LogP contribution in [0.3, 0.4) is 0 Å². The SMILES string of the molecule is O=C1C(F)CC1(F)F. The molecule has 1 nitrogen and oxygen atoms in total. The molecule has 0 N–H and O–H groups in total. The van der Waals surface area contributed by atoms with E-state index in [1.54, 1.807) is 0 Å². The molecule has 1 rings (SSSR count). The molecule has 1 fully saturated rings. The van der Waals surface area contributed by atoms with E-state index in [2.05, 4.69) is 0 Å². The molecule has 0 heterocycles. The molecule has 1 unspecified atom stereocenters. The van der Waals surface area contributed by atoms with Gasteiger partial charge in [-0.05, 0) is 0 Å². The van der Waals surface area contributed by atoms with E-state index in [0.717, 1.165) is 0 Å². The lowest BCUT2D eigenvalue weighted by Gasteiger charge is -2.26. The number of rotatable bonds is 0. The van der Waals surface area contributed by atoms with Crippen molar-refractivity contribution < 1.29 is 18.0 Å². The topological polar surface area (TPSA) is 17.1 Å². The van der Waals surface area contributed by atoms with Gasteiger partial charge in [0, 0.05) is 0 Å². The summed E-state index contributed by atoms with van der Waals surface area (Å²) in [6.07, 6.45) is -2.84. The van der Waals surface area contributed by atoms with Crippen molar-refractivity contribution in [3.8, 4) is 0 Å². The standard InChI is InChI=1S/C4H3F3O/c5-2-1-4(6,7)3(2)8/h2H,1H2. The van der Waals surface area contributed by atoms with Crippen LogP contribution in [0.5, 0.6) is 0 Å². The molecular formula is C4H3F3O. The molecule has 1 aliphatic carbocycles. The van der Waals surface area contributed by atoms with E-state index in [4.69, 9.17) is 0 Å². The van der Waals surface area contributed by atoms with Crippen LogP contribution in [0.1, 0.15) is 6.42 Å². The Hall–Kier alpha value is -0.540. The van der Waals surface area contributed by atoms with Crippen LogP contribution in [0, 0.1) is 0 Å². The molecular weight excluding hydrogens is 121 g/mol.